The highest BCUT2D eigenvalue weighted by Crippen LogP contribution is 2.52. The first-order valence-corrected chi connectivity index (χ1v) is 9.72. The van der Waals surface area contributed by atoms with Gasteiger partial charge in [0.15, 0.2) is 0 Å². The fraction of sp³-hybridized carbons (Fsp3) is 0.579. The molecule has 0 amide bonds. The Hall–Kier alpha value is -1.86. The molecule has 7 heteroatoms. The van der Waals surface area contributed by atoms with Gasteiger partial charge in [-0.3, -0.25) is 0 Å². The molecule has 0 radical (unpaired) electrons. The Bertz CT molecular complexity index is 897. The summed E-state index contributed by atoms with van der Waals surface area (Å²) in [5.74, 6) is 1.12. The van der Waals surface area contributed by atoms with Crippen molar-refractivity contribution in [2.45, 2.75) is 45.1 Å². The topological polar surface area (TPSA) is 84.7 Å². The monoisotopic (exact) mass is 352 g/mol. The molecule has 1 aliphatic heterocycles. The molecule has 5 rings (SSSR count). The van der Waals surface area contributed by atoms with E-state index in [0.717, 1.165) is 53.5 Å². The van der Waals surface area contributed by atoms with Crippen LogP contribution in [0.25, 0.3) is 11.0 Å². The Morgan fingerprint density at radius 3 is 3.08 bits per heavy atom. The van der Waals surface area contributed by atoms with Crippen LogP contribution in [-0.2, 0) is 0 Å². The first-order valence-electron chi connectivity index (χ1n) is 9.72. The van der Waals surface area contributed by atoms with E-state index in [1.54, 1.807) is 11.1 Å². The Labute approximate surface area is 153 Å². The van der Waals surface area contributed by atoms with Gasteiger partial charge in [0.2, 0.25) is 0 Å². The summed E-state index contributed by atoms with van der Waals surface area (Å²) in [7, 11) is -0.759. The van der Waals surface area contributed by atoms with Gasteiger partial charge in [0.25, 0.3) is 0 Å². The van der Waals surface area contributed by atoms with Crippen molar-refractivity contribution in [2.75, 3.05) is 6.54 Å². The number of H-pyrrole nitrogens is 1. The van der Waals surface area contributed by atoms with Crippen LogP contribution in [0.15, 0.2) is 23.6 Å². The summed E-state index contributed by atoms with van der Waals surface area (Å²) in [6.45, 7) is 4.90. The van der Waals surface area contributed by atoms with Crippen LogP contribution in [0.2, 0.25) is 0 Å². The van der Waals surface area contributed by atoms with Crippen molar-refractivity contribution < 1.29 is 10.1 Å². The van der Waals surface area contributed by atoms with Crippen LogP contribution in [0, 0.1) is 17.8 Å². The SMILES string of the molecule is CCN1N=C([C@H]2[C@H]3CC[C@](O)(C3)C[C@H]2C)c2c(cnc3[nH]ccc23)B1O. The molecule has 3 N–H and O–H groups in total. The van der Waals surface area contributed by atoms with Gasteiger partial charge in [0.1, 0.15) is 5.65 Å². The van der Waals surface area contributed by atoms with Crippen LogP contribution in [0.4, 0.5) is 0 Å². The molecule has 2 aromatic rings. The van der Waals surface area contributed by atoms with Gasteiger partial charge in [-0.1, -0.05) is 6.92 Å². The minimum Gasteiger partial charge on any atom is -0.428 e. The minimum absolute atomic E-state index is 0.304. The van der Waals surface area contributed by atoms with Gasteiger partial charge in [-0.15, -0.1) is 0 Å². The molecule has 4 atom stereocenters. The lowest BCUT2D eigenvalue weighted by molar-refractivity contribution is -0.00749. The molecular weight excluding hydrogens is 327 g/mol. The molecule has 0 unspecified atom stereocenters. The number of nitrogens with one attached hydrogen (secondary N) is 1. The molecule has 136 valence electrons. The standard InChI is InChI=1S/C19H25BN4O2/c1-3-24-20(26)14-10-22-18-13(5-7-21-18)16(14)17(23-24)15-11(2)8-19(25)6-4-12(15)9-19/h5,7,10-12,15,25-26H,3-4,6,8-9H2,1-2H3,(H,21,22)/t11-,12+,15-,19-/m1/s1. The largest absolute Gasteiger partial charge is 0.468 e. The number of hydrogen-bond donors (Lipinski definition) is 3. The lowest BCUT2D eigenvalue weighted by Gasteiger charge is -2.41. The molecule has 26 heavy (non-hydrogen) atoms. The Morgan fingerprint density at radius 1 is 1.42 bits per heavy atom. The van der Waals surface area contributed by atoms with E-state index in [0.29, 0.717) is 24.3 Å². The fourth-order valence-corrected chi connectivity index (χ4v) is 5.71. The van der Waals surface area contributed by atoms with Crippen molar-refractivity contribution in [1.82, 2.24) is 14.9 Å². The third kappa shape index (κ3) is 2.20. The number of aromatic nitrogens is 2. The second kappa shape index (κ2) is 5.57. The van der Waals surface area contributed by atoms with Crippen molar-refractivity contribution in [3.05, 3.63) is 24.0 Å². The maximum absolute atomic E-state index is 10.8. The Balaban J connectivity index is 1.69. The lowest BCUT2D eigenvalue weighted by Crippen LogP contribution is -2.54. The van der Waals surface area contributed by atoms with E-state index < -0.39 is 12.7 Å². The third-order valence-corrected chi connectivity index (χ3v) is 6.75. The molecule has 0 aromatic carbocycles. The van der Waals surface area contributed by atoms with Gasteiger partial charge in [-0.05, 0) is 50.5 Å². The number of fused-ring (bicyclic) bond motifs is 5. The summed E-state index contributed by atoms with van der Waals surface area (Å²) >= 11 is 0. The second-order valence-electron chi connectivity index (χ2n) is 8.38. The molecule has 0 saturated heterocycles. The van der Waals surface area contributed by atoms with E-state index in [1.165, 1.54) is 0 Å². The van der Waals surface area contributed by atoms with Gasteiger partial charge in [-0.2, -0.15) is 5.10 Å². The summed E-state index contributed by atoms with van der Waals surface area (Å²) in [5.41, 5.74) is 3.31. The van der Waals surface area contributed by atoms with E-state index in [-0.39, 0.29) is 0 Å². The van der Waals surface area contributed by atoms with E-state index in [9.17, 15) is 10.1 Å². The highest BCUT2D eigenvalue weighted by atomic mass is 16.3. The van der Waals surface area contributed by atoms with Gasteiger partial charge >= 0.3 is 7.05 Å². The van der Waals surface area contributed by atoms with Crippen molar-refractivity contribution >= 4 is 29.3 Å². The van der Waals surface area contributed by atoms with Crippen LogP contribution in [0.3, 0.4) is 0 Å². The van der Waals surface area contributed by atoms with Gasteiger partial charge in [0, 0.05) is 41.3 Å². The molecule has 0 spiro atoms. The van der Waals surface area contributed by atoms with Crippen molar-refractivity contribution in [3.8, 4) is 0 Å². The Morgan fingerprint density at radius 2 is 2.27 bits per heavy atom. The van der Waals surface area contributed by atoms with Crippen LogP contribution in [0.5, 0.6) is 0 Å². The second-order valence-corrected chi connectivity index (χ2v) is 8.38. The van der Waals surface area contributed by atoms with E-state index >= 15 is 0 Å². The molecule has 2 fully saturated rings. The van der Waals surface area contributed by atoms with Crippen LogP contribution in [-0.4, -0.2) is 49.9 Å². The van der Waals surface area contributed by atoms with Crippen molar-refractivity contribution in [2.24, 2.45) is 22.9 Å². The number of aromatic amines is 1. The van der Waals surface area contributed by atoms with Crippen LogP contribution >= 0.6 is 0 Å². The number of rotatable bonds is 2. The minimum atomic E-state index is -0.759. The molecule has 2 aromatic heterocycles. The van der Waals surface area contributed by atoms with E-state index in [2.05, 4.69) is 16.9 Å². The highest BCUT2D eigenvalue weighted by molar-refractivity contribution is 6.66. The van der Waals surface area contributed by atoms with Crippen LogP contribution < -0.4 is 5.46 Å². The predicted molar refractivity (Wildman–Crippen MR) is 102 cm³/mol. The first kappa shape index (κ1) is 16.3. The summed E-state index contributed by atoms with van der Waals surface area (Å²) in [5, 5.41) is 27.6. The molecule has 6 nitrogen and oxygen atoms in total. The molecular formula is C19H25BN4O2. The van der Waals surface area contributed by atoms with Crippen molar-refractivity contribution in [1.29, 1.82) is 0 Å². The average Bonchev–Trinajstić information content (AvgIpc) is 3.21. The molecule has 3 aliphatic rings. The number of nitrogens with zero attached hydrogens (tertiary/aromatic N) is 3. The van der Waals surface area contributed by atoms with E-state index in [4.69, 9.17) is 5.10 Å². The van der Waals surface area contributed by atoms with Crippen molar-refractivity contribution in [3.63, 3.8) is 0 Å². The smallest absolute Gasteiger partial charge is 0.428 e. The lowest BCUT2D eigenvalue weighted by atomic mass is 9.63. The van der Waals surface area contributed by atoms with Crippen LogP contribution in [0.1, 0.15) is 45.1 Å². The third-order valence-electron chi connectivity index (χ3n) is 6.75. The molecule has 2 saturated carbocycles. The molecule has 3 heterocycles. The van der Waals surface area contributed by atoms with E-state index in [1.807, 2.05) is 19.2 Å². The fourth-order valence-electron chi connectivity index (χ4n) is 5.71. The zero-order valence-corrected chi connectivity index (χ0v) is 15.3. The first-order chi connectivity index (χ1) is 12.5. The van der Waals surface area contributed by atoms with Gasteiger partial charge in [-0.25, -0.2) is 4.98 Å². The number of hydrogen-bond acceptors (Lipinski definition) is 5. The summed E-state index contributed by atoms with van der Waals surface area (Å²) in [6.07, 6.45) is 7.33. The molecule has 2 bridgehead atoms. The zero-order chi connectivity index (χ0) is 18.1. The predicted octanol–water partition coefficient (Wildman–Crippen LogP) is 1.48. The summed E-state index contributed by atoms with van der Waals surface area (Å²) < 4.78 is 0. The zero-order valence-electron chi connectivity index (χ0n) is 15.3. The summed E-state index contributed by atoms with van der Waals surface area (Å²) in [6, 6.07) is 2.03. The maximum Gasteiger partial charge on any atom is 0.468 e. The normalized spacial score (nSPS) is 33.5. The van der Waals surface area contributed by atoms with Gasteiger partial charge < -0.3 is 20.0 Å². The van der Waals surface area contributed by atoms with Gasteiger partial charge in [0.05, 0.1) is 11.3 Å². The summed E-state index contributed by atoms with van der Waals surface area (Å²) in [4.78, 5) is 9.44. The average molecular weight is 352 g/mol. The molecule has 2 aliphatic carbocycles. The Kier molecular flexibility index (Phi) is 3.50. The highest BCUT2D eigenvalue weighted by Gasteiger charge is 2.51. The number of hydrazone groups is 1. The maximum atomic E-state index is 10.8. The quantitative estimate of drug-likeness (QED) is 0.715. The number of pyridine rings is 1. The number of aliphatic hydroxyl groups is 1.